The van der Waals surface area contributed by atoms with Crippen molar-refractivity contribution in [3.05, 3.63) is 54.3 Å². The number of amides is 1. The number of carbonyl (C=O) groups is 2. The van der Waals surface area contributed by atoms with Gasteiger partial charge in [-0.1, -0.05) is 37.5 Å². The zero-order valence-corrected chi connectivity index (χ0v) is 19.1. The van der Waals surface area contributed by atoms with Crippen molar-refractivity contribution < 1.29 is 31.9 Å². The number of nitrogens with one attached hydrogen (secondary N) is 1. The number of rotatable bonds is 9. The van der Waals surface area contributed by atoms with Gasteiger partial charge in [-0.25, -0.2) is 17.6 Å². The molecule has 0 saturated heterocycles. The van der Waals surface area contributed by atoms with E-state index < -0.39 is 40.9 Å². The summed E-state index contributed by atoms with van der Waals surface area (Å²) in [5.41, 5.74) is 0.109. The van der Waals surface area contributed by atoms with Crippen LogP contribution in [0.4, 0.5) is 10.1 Å². The molecule has 2 aromatic carbocycles. The zero-order chi connectivity index (χ0) is 23.8. The molecule has 0 bridgehead atoms. The second-order valence-electron chi connectivity index (χ2n) is 7.76. The van der Waals surface area contributed by atoms with Crippen LogP contribution in [-0.4, -0.2) is 50.9 Å². The third-order valence-corrected chi connectivity index (χ3v) is 7.39. The first-order valence-corrected chi connectivity index (χ1v) is 12.1. The Morgan fingerprint density at radius 3 is 2.52 bits per heavy atom. The van der Waals surface area contributed by atoms with Gasteiger partial charge in [0.15, 0.2) is 13.2 Å². The van der Waals surface area contributed by atoms with Gasteiger partial charge in [0.05, 0.1) is 5.69 Å². The largest absolute Gasteiger partial charge is 0.482 e. The molecule has 1 saturated carbocycles. The molecule has 3 rings (SSSR count). The van der Waals surface area contributed by atoms with Gasteiger partial charge in [0.25, 0.3) is 5.91 Å². The maximum Gasteiger partial charge on any atom is 0.344 e. The van der Waals surface area contributed by atoms with Crippen LogP contribution in [0.15, 0.2) is 53.4 Å². The van der Waals surface area contributed by atoms with E-state index in [1.54, 1.807) is 19.2 Å². The minimum absolute atomic E-state index is 0.0211. The number of anilines is 1. The molecule has 178 valence electrons. The van der Waals surface area contributed by atoms with Crippen LogP contribution >= 0.6 is 0 Å². The summed E-state index contributed by atoms with van der Waals surface area (Å²) in [4.78, 5) is 24.1. The average Bonchev–Trinajstić information content (AvgIpc) is 2.82. The molecule has 0 aliphatic heterocycles. The van der Waals surface area contributed by atoms with E-state index in [-0.39, 0.29) is 22.4 Å². The molecule has 1 aliphatic carbocycles. The fourth-order valence-corrected chi connectivity index (χ4v) is 5.23. The SMILES string of the molecule is CN(C1CCCCC1)S(=O)(=O)c1ccccc1NC(=O)COC(=O)COc1cccc(F)c1. The highest BCUT2D eigenvalue weighted by atomic mass is 32.2. The number of esters is 1. The van der Waals surface area contributed by atoms with Crippen molar-refractivity contribution in [2.75, 3.05) is 25.6 Å². The molecule has 1 aliphatic rings. The lowest BCUT2D eigenvalue weighted by Gasteiger charge is -2.30. The van der Waals surface area contributed by atoms with Crippen LogP contribution < -0.4 is 10.1 Å². The molecule has 0 radical (unpaired) electrons. The Hall–Kier alpha value is -2.98. The first-order chi connectivity index (χ1) is 15.8. The number of nitrogens with zero attached hydrogens (tertiary/aromatic N) is 1. The normalized spacial score (nSPS) is 14.6. The number of halogens is 1. The molecule has 1 amide bonds. The summed E-state index contributed by atoms with van der Waals surface area (Å²) in [5.74, 6) is -1.88. The average molecular weight is 479 g/mol. The first-order valence-electron chi connectivity index (χ1n) is 10.7. The number of hydrogen-bond acceptors (Lipinski definition) is 6. The Kier molecular flexibility index (Phi) is 8.40. The molecule has 2 aromatic rings. The monoisotopic (exact) mass is 478 g/mol. The molecular formula is C23H27FN2O6S. The Balaban J connectivity index is 1.57. The minimum atomic E-state index is -3.83. The van der Waals surface area contributed by atoms with E-state index in [1.807, 2.05) is 0 Å². The molecule has 0 atom stereocenters. The molecule has 8 nitrogen and oxygen atoms in total. The van der Waals surface area contributed by atoms with Crippen LogP contribution in [0.5, 0.6) is 5.75 Å². The molecule has 0 aromatic heterocycles. The van der Waals surface area contributed by atoms with Crippen LogP contribution in [0.25, 0.3) is 0 Å². The third kappa shape index (κ3) is 6.75. The summed E-state index contributed by atoms with van der Waals surface area (Å²) >= 11 is 0. The number of benzene rings is 2. The number of para-hydroxylation sites is 1. The summed E-state index contributed by atoms with van der Waals surface area (Å²) < 4.78 is 50.9. The van der Waals surface area contributed by atoms with Crippen LogP contribution in [0.1, 0.15) is 32.1 Å². The molecule has 0 unspecified atom stereocenters. The van der Waals surface area contributed by atoms with Gasteiger partial charge in [0.1, 0.15) is 16.5 Å². The fourth-order valence-electron chi connectivity index (χ4n) is 3.66. The number of carbonyl (C=O) groups excluding carboxylic acids is 2. The number of sulfonamides is 1. The Bertz CT molecular complexity index is 1090. The van der Waals surface area contributed by atoms with Crippen LogP contribution in [0.3, 0.4) is 0 Å². The van der Waals surface area contributed by atoms with Crippen molar-refractivity contribution in [3.8, 4) is 5.75 Å². The maximum absolute atomic E-state index is 13.2. The highest BCUT2D eigenvalue weighted by molar-refractivity contribution is 7.89. The lowest BCUT2D eigenvalue weighted by molar-refractivity contribution is -0.149. The topological polar surface area (TPSA) is 102 Å². The fraction of sp³-hybridized carbons (Fsp3) is 0.391. The standard InChI is InChI=1S/C23H27FN2O6S/c1-26(18-9-3-2-4-10-18)33(29,30)21-13-6-5-12-20(21)25-22(27)15-32-23(28)16-31-19-11-7-8-17(24)14-19/h5-8,11-14,18H,2-4,9-10,15-16H2,1H3,(H,25,27). The van der Waals surface area contributed by atoms with Gasteiger partial charge in [0, 0.05) is 19.2 Å². The second kappa shape index (κ2) is 11.2. The van der Waals surface area contributed by atoms with E-state index in [9.17, 15) is 22.4 Å². The summed E-state index contributed by atoms with van der Waals surface area (Å²) in [7, 11) is -2.27. The number of hydrogen-bond donors (Lipinski definition) is 1. The van der Waals surface area contributed by atoms with Crippen molar-refractivity contribution >= 4 is 27.6 Å². The van der Waals surface area contributed by atoms with E-state index in [4.69, 9.17) is 9.47 Å². The quantitative estimate of drug-likeness (QED) is 0.555. The van der Waals surface area contributed by atoms with Gasteiger partial charge >= 0.3 is 5.97 Å². The molecule has 1 N–H and O–H groups in total. The molecule has 0 spiro atoms. The summed E-state index contributed by atoms with van der Waals surface area (Å²) in [6.45, 7) is -1.13. The maximum atomic E-state index is 13.2. The second-order valence-corrected chi connectivity index (χ2v) is 9.73. The van der Waals surface area contributed by atoms with Gasteiger partial charge in [0.2, 0.25) is 10.0 Å². The van der Waals surface area contributed by atoms with Gasteiger partial charge < -0.3 is 14.8 Å². The first kappa shape index (κ1) is 24.7. The molecule has 33 heavy (non-hydrogen) atoms. The van der Waals surface area contributed by atoms with Crippen molar-refractivity contribution in [2.45, 2.75) is 43.0 Å². The van der Waals surface area contributed by atoms with E-state index in [0.29, 0.717) is 0 Å². The van der Waals surface area contributed by atoms with Crippen molar-refractivity contribution in [1.29, 1.82) is 0 Å². The van der Waals surface area contributed by atoms with Gasteiger partial charge in [-0.15, -0.1) is 0 Å². The lowest BCUT2D eigenvalue weighted by Crippen LogP contribution is -2.38. The predicted octanol–water partition coefficient (Wildman–Crippen LogP) is 3.34. The van der Waals surface area contributed by atoms with E-state index in [1.165, 1.54) is 34.6 Å². The van der Waals surface area contributed by atoms with Gasteiger partial charge in [-0.2, -0.15) is 4.31 Å². The van der Waals surface area contributed by atoms with Crippen LogP contribution in [-0.2, 0) is 24.3 Å². The smallest absolute Gasteiger partial charge is 0.344 e. The summed E-state index contributed by atoms with van der Waals surface area (Å²) in [5, 5.41) is 2.50. The summed E-state index contributed by atoms with van der Waals surface area (Å²) in [6, 6.07) is 11.3. The van der Waals surface area contributed by atoms with Gasteiger partial charge in [-0.05, 0) is 37.1 Å². The van der Waals surface area contributed by atoms with E-state index in [2.05, 4.69) is 5.32 Å². The Morgan fingerprint density at radius 1 is 1.06 bits per heavy atom. The molecule has 10 heteroatoms. The lowest BCUT2D eigenvalue weighted by atomic mass is 9.96. The van der Waals surface area contributed by atoms with Crippen molar-refractivity contribution in [2.24, 2.45) is 0 Å². The van der Waals surface area contributed by atoms with Crippen molar-refractivity contribution in [3.63, 3.8) is 0 Å². The van der Waals surface area contributed by atoms with E-state index in [0.717, 1.165) is 38.2 Å². The summed E-state index contributed by atoms with van der Waals surface area (Å²) in [6.07, 6.45) is 4.67. The van der Waals surface area contributed by atoms with Crippen LogP contribution in [0.2, 0.25) is 0 Å². The van der Waals surface area contributed by atoms with E-state index >= 15 is 0 Å². The predicted molar refractivity (Wildman–Crippen MR) is 120 cm³/mol. The Morgan fingerprint density at radius 2 is 1.79 bits per heavy atom. The molecule has 1 fully saturated rings. The molecular weight excluding hydrogens is 451 g/mol. The van der Waals surface area contributed by atoms with Crippen LogP contribution in [0, 0.1) is 5.82 Å². The zero-order valence-electron chi connectivity index (χ0n) is 18.3. The minimum Gasteiger partial charge on any atom is -0.482 e. The highest BCUT2D eigenvalue weighted by Crippen LogP contribution is 2.29. The van der Waals surface area contributed by atoms with Gasteiger partial charge in [-0.3, -0.25) is 4.79 Å². The van der Waals surface area contributed by atoms with Crippen molar-refractivity contribution in [1.82, 2.24) is 4.31 Å². The Labute approximate surface area is 192 Å². The number of ether oxygens (including phenoxy) is 2. The molecule has 0 heterocycles. The highest BCUT2D eigenvalue weighted by Gasteiger charge is 2.31. The third-order valence-electron chi connectivity index (χ3n) is 5.42.